The van der Waals surface area contributed by atoms with Crippen molar-refractivity contribution in [1.29, 1.82) is 0 Å². The van der Waals surface area contributed by atoms with Gasteiger partial charge in [0.2, 0.25) is 5.95 Å². The lowest BCUT2D eigenvalue weighted by Gasteiger charge is -2.38. The number of fused-ring (bicyclic) bond motifs is 2. The molecule has 1 saturated heterocycles. The number of anilines is 2. The molecule has 0 unspecified atom stereocenters. The van der Waals surface area contributed by atoms with Gasteiger partial charge in [-0.3, -0.25) is 0 Å². The number of aryl methyl sites for hydroxylation is 1. The monoisotopic (exact) mass is 487 g/mol. The lowest BCUT2D eigenvalue weighted by atomic mass is 9.92. The Morgan fingerprint density at radius 2 is 1.94 bits per heavy atom. The minimum atomic E-state index is -0.481. The number of ether oxygens (including phenoxy) is 2. The van der Waals surface area contributed by atoms with Crippen molar-refractivity contribution in [3.63, 3.8) is 0 Å². The maximum absolute atomic E-state index is 13.8. The highest BCUT2D eigenvalue weighted by Crippen LogP contribution is 2.40. The molecule has 2 aromatic heterocycles. The minimum Gasteiger partial charge on any atom is -0.424 e. The van der Waals surface area contributed by atoms with Crippen LogP contribution in [-0.4, -0.2) is 57.6 Å². The fourth-order valence-electron chi connectivity index (χ4n) is 4.89. The van der Waals surface area contributed by atoms with Crippen molar-refractivity contribution in [2.45, 2.75) is 32.4 Å². The Morgan fingerprint density at radius 1 is 1.15 bits per heavy atom. The first-order valence-corrected chi connectivity index (χ1v) is 11.7. The van der Waals surface area contributed by atoms with Gasteiger partial charge in [0.05, 0.1) is 13.2 Å². The van der Waals surface area contributed by atoms with Gasteiger partial charge in [0.15, 0.2) is 0 Å². The van der Waals surface area contributed by atoms with E-state index in [-0.39, 0.29) is 22.8 Å². The van der Waals surface area contributed by atoms with Crippen LogP contribution in [-0.2, 0) is 11.3 Å². The average Bonchev–Trinajstić information content (AvgIpc) is 3.26. The van der Waals surface area contributed by atoms with E-state index >= 15 is 0 Å². The maximum atomic E-state index is 13.8. The van der Waals surface area contributed by atoms with E-state index in [0.29, 0.717) is 30.9 Å². The highest BCUT2D eigenvalue weighted by atomic mass is 35.5. The fourth-order valence-corrected chi connectivity index (χ4v) is 5.10. The van der Waals surface area contributed by atoms with Crippen LogP contribution in [0, 0.1) is 24.6 Å². The number of nitrogens with one attached hydrogen (secondary N) is 1. The van der Waals surface area contributed by atoms with Gasteiger partial charge in [0.1, 0.15) is 23.7 Å². The Hall–Kier alpha value is -2.98. The highest BCUT2D eigenvalue weighted by molar-refractivity contribution is 6.30. The van der Waals surface area contributed by atoms with E-state index in [1.54, 1.807) is 18.1 Å². The van der Waals surface area contributed by atoms with E-state index in [0.717, 1.165) is 37.4 Å². The fraction of sp³-hybridized carbons (Fsp3) is 0.478. The second-order valence-electron chi connectivity index (χ2n) is 8.83. The SMILES string of the molecule is COCCn1nc(NC2[C@@H]3CC[C@@H]2CN(c2cc(C)ncn2)C3)nc1Oc1cc(F)cc(Cl)c1. The molecule has 1 aromatic carbocycles. The van der Waals surface area contributed by atoms with Crippen LogP contribution in [0.5, 0.6) is 11.8 Å². The molecule has 1 saturated carbocycles. The van der Waals surface area contributed by atoms with E-state index in [4.69, 9.17) is 21.1 Å². The number of methoxy groups -OCH3 is 1. The van der Waals surface area contributed by atoms with E-state index < -0.39 is 5.82 Å². The number of aromatic nitrogens is 5. The Labute approximate surface area is 202 Å². The molecule has 1 aliphatic heterocycles. The molecule has 2 aliphatic rings. The van der Waals surface area contributed by atoms with Crippen molar-refractivity contribution >= 4 is 23.4 Å². The summed E-state index contributed by atoms with van der Waals surface area (Å²) in [4.78, 5) is 15.6. The molecule has 9 nitrogen and oxygen atoms in total. The van der Waals surface area contributed by atoms with Crippen molar-refractivity contribution in [2.24, 2.45) is 11.8 Å². The summed E-state index contributed by atoms with van der Waals surface area (Å²) < 4.78 is 26.4. The molecule has 0 spiro atoms. The molecular formula is C23H27ClFN7O2. The summed E-state index contributed by atoms with van der Waals surface area (Å²) in [5, 5.41) is 8.39. The third-order valence-electron chi connectivity index (χ3n) is 6.43. The number of rotatable bonds is 8. The first kappa shape index (κ1) is 22.8. The first-order valence-electron chi connectivity index (χ1n) is 11.4. The van der Waals surface area contributed by atoms with E-state index in [1.165, 1.54) is 18.2 Å². The summed E-state index contributed by atoms with van der Waals surface area (Å²) in [7, 11) is 1.62. The lowest BCUT2D eigenvalue weighted by Crippen LogP contribution is -2.48. The van der Waals surface area contributed by atoms with Crippen molar-refractivity contribution in [3.8, 4) is 11.8 Å². The summed E-state index contributed by atoms with van der Waals surface area (Å²) in [5.74, 6) is 2.15. The summed E-state index contributed by atoms with van der Waals surface area (Å²) >= 11 is 5.97. The van der Waals surface area contributed by atoms with Gasteiger partial charge in [0.25, 0.3) is 0 Å². The highest BCUT2D eigenvalue weighted by Gasteiger charge is 2.43. The topological polar surface area (TPSA) is 90.2 Å². The van der Waals surface area contributed by atoms with Gasteiger partial charge in [0, 0.05) is 49.1 Å². The average molecular weight is 488 g/mol. The molecule has 1 aliphatic carbocycles. The Kier molecular flexibility index (Phi) is 6.51. The van der Waals surface area contributed by atoms with Crippen LogP contribution in [0.2, 0.25) is 5.02 Å². The number of hydrogen-bond acceptors (Lipinski definition) is 8. The Morgan fingerprint density at radius 3 is 2.65 bits per heavy atom. The van der Waals surface area contributed by atoms with Gasteiger partial charge in [-0.1, -0.05) is 11.6 Å². The zero-order valence-corrected chi connectivity index (χ0v) is 19.9. The standard InChI is InChI=1S/C23H27ClFN7O2/c1-14-7-20(27-13-26-14)31-11-15-3-4-16(12-31)21(15)28-22-29-23(32(30-22)5-6-33-2)34-19-9-17(24)8-18(25)10-19/h7-10,13,15-16,21H,3-6,11-12H2,1-2H3,(H,28,30)/t15-,16-/m1/s1. The van der Waals surface area contributed by atoms with Gasteiger partial charge in [-0.05, 0) is 43.7 Å². The third kappa shape index (κ3) is 4.92. The molecule has 3 heterocycles. The summed E-state index contributed by atoms with van der Waals surface area (Å²) in [6.45, 7) is 4.70. The molecule has 11 heteroatoms. The van der Waals surface area contributed by atoms with Crippen LogP contribution in [0.4, 0.5) is 16.2 Å². The predicted octanol–water partition coefficient (Wildman–Crippen LogP) is 3.93. The van der Waals surface area contributed by atoms with Crippen LogP contribution in [0.3, 0.4) is 0 Å². The Balaban J connectivity index is 1.32. The maximum Gasteiger partial charge on any atom is 0.322 e. The van der Waals surface area contributed by atoms with Gasteiger partial charge in [-0.25, -0.2) is 19.0 Å². The molecular weight excluding hydrogens is 461 g/mol. The first-order chi connectivity index (χ1) is 16.5. The summed E-state index contributed by atoms with van der Waals surface area (Å²) in [6, 6.07) is 6.57. The second kappa shape index (κ2) is 9.71. The van der Waals surface area contributed by atoms with Crippen molar-refractivity contribution in [3.05, 3.63) is 47.1 Å². The smallest absolute Gasteiger partial charge is 0.322 e. The van der Waals surface area contributed by atoms with Crippen LogP contribution in [0.15, 0.2) is 30.6 Å². The minimum absolute atomic E-state index is 0.249. The molecule has 2 atom stereocenters. The number of nitrogens with zero attached hydrogens (tertiary/aromatic N) is 6. The van der Waals surface area contributed by atoms with Crippen LogP contribution >= 0.6 is 11.6 Å². The normalized spacial score (nSPS) is 21.6. The zero-order valence-electron chi connectivity index (χ0n) is 19.1. The number of piperidine rings is 1. The largest absolute Gasteiger partial charge is 0.424 e. The molecule has 2 bridgehead atoms. The molecule has 34 heavy (non-hydrogen) atoms. The van der Waals surface area contributed by atoms with E-state index in [1.807, 2.05) is 13.0 Å². The summed E-state index contributed by atoms with van der Waals surface area (Å²) in [5.41, 5.74) is 0.968. The molecule has 0 amide bonds. The summed E-state index contributed by atoms with van der Waals surface area (Å²) in [6.07, 6.45) is 3.90. The molecule has 2 fully saturated rings. The van der Waals surface area contributed by atoms with Crippen LogP contribution < -0.4 is 15.0 Å². The lowest BCUT2D eigenvalue weighted by molar-refractivity contribution is 0.179. The van der Waals surface area contributed by atoms with Gasteiger partial charge < -0.3 is 19.7 Å². The van der Waals surface area contributed by atoms with Gasteiger partial charge in [-0.2, -0.15) is 4.98 Å². The zero-order chi connectivity index (χ0) is 23.7. The second-order valence-corrected chi connectivity index (χ2v) is 9.27. The van der Waals surface area contributed by atoms with Gasteiger partial charge in [-0.15, -0.1) is 5.10 Å². The van der Waals surface area contributed by atoms with Crippen molar-refractivity contribution in [1.82, 2.24) is 24.7 Å². The number of hydrogen-bond donors (Lipinski definition) is 1. The van der Waals surface area contributed by atoms with Crippen molar-refractivity contribution < 1.29 is 13.9 Å². The number of halogens is 2. The number of benzene rings is 1. The van der Waals surface area contributed by atoms with Crippen LogP contribution in [0.1, 0.15) is 18.5 Å². The predicted molar refractivity (Wildman–Crippen MR) is 126 cm³/mol. The molecule has 3 aromatic rings. The quantitative estimate of drug-likeness (QED) is 0.511. The molecule has 0 radical (unpaired) electrons. The molecule has 180 valence electrons. The van der Waals surface area contributed by atoms with Crippen LogP contribution in [0.25, 0.3) is 0 Å². The van der Waals surface area contributed by atoms with E-state index in [2.05, 4.69) is 30.3 Å². The Bertz CT molecular complexity index is 1130. The molecule has 5 rings (SSSR count). The van der Waals surface area contributed by atoms with Crippen molar-refractivity contribution in [2.75, 3.05) is 37.0 Å². The van der Waals surface area contributed by atoms with E-state index in [9.17, 15) is 4.39 Å². The molecule has 1 N–H and O–H groups in total. The third-order valence-corrected chi connectivity index (χ3v) is 6.65. The van der Waals surface area contributed by atoms with Gasteiger partial charge >= 0.3 is 6.01 Å².